The van der Waals surface area contributed by atoms with Gasteiger partial charge in [0, 0.05) is 26.3 Å². The Morgan fingerprint density at radius 1 is 1.30 bits per heavy atom. The van der Waals surface area contributed by atoms with Crippen LogP contribution in [0.1, 0.15) is 19.4 Å². The standard InChI is InChI=1S/C14H20N4O2/c1-10(2)17-9-13(19)18(14(17)20)8-11-5-6-12(15-7-11)16(3)4/h5-7,10H,8-9H2,1-4H3. The van der Waals surface area contributed by atoms with Crippen LogP contribution in [-0.4, -0.2) is 53.4 Å². The Morgan fingerprint density at radius 3 is 2.45 bits per heavy atom. The molecule has 0 bridgehead atoms. The smallest absolute Gasteiger partial charge is 0.327 e. The molecule has 0 atom stereocenters. The molecule has 2 heterocycles. The van der Waals surface area contributed by atoms with Crippen molar-refractivity contribution in [3.8, 4) is 0 Å². The largest absolute Gasteiger partial charge is 0.363 e. The second kappa shape index (κ2) is 5.48. The Hall–Kier alpha value is -2.11. The molecular weight excluding hydrogens is 256 g/mol. The number of amides is 3. The van der Waals surface area contributed by atoms with Gasteiger partial charge in [-0.1, -0.05) is 6.07 Å². The number of urea groups is 1. The van der Waals surface area contributed by atoms with E-state index in [4.69, 9.17) is 0 Å². The van der Waals surface area contributed by atoms with Crippen LogP contribution in [0.15, 0.2) is 18.3 Å². The molecule has 0 N–H and O–H groups in total. The summed E-state index contributed by atoms with van der Waals surface area (Å²) in [4.78, 5) is 33.1. The fraction of sp³-hybridized carbons (Fsp3) is 0.500. The number of anilines is 1. The zero-order valence-electron chi connectivity index (χ0n) is 12.3. The summed E-state index contributed by atoms with van der Waals surface area (Å²) in [5, 5.41) is 0. The number of hydrogen-bond donors (Lipinski definition) is 0. The van der Waals surface area contributed by atoms with Gasteiger partial charge in [-0.25, -0.2) is 9.78 Å². The van der Waals surface area contributed by atoms with Crippen molar-refractivity contribution in [1.29, 1.82) is 0 Å². The van der Waals surface area contributed by atoms with E-state index in [2.05, 4.69) is 4.98 Å². The highest BCUT2D eigenvalue weighted by molar-refractivity contribution is 6.02. The normalized spacial score (nSPS) is 15.4. The molecular formula is C14H20N4O2. The maximum atomic E-state index is 12.1. The molecule has 108 valence electrons. The molecule has 3 amide bonds. The third kappa shape index (κ3) is 2.74. The molecule has 0 saturated carbocycles. The number of nitrogens with zero attached hydrogens (tertiary/aromatic N) is 4. The van der Waals surface area contributed by atoms with Gasteiger partial charge in [0.05, 0.1) is 6.54 Å². The Bertz CT molecular complexity index is 510. The zero-order valence-corrected chi connectivity index (χ0v) is 12.3. The van der Waals surface area contributed by atoms with Crippen LogP contribution >= 0.6 is 0 Å². The molecule has 2 rings (SSSR count). The van der Waals surface area contributed by atoms with Crippen molar-refractivity contribution in [3.63, 3.8) is 0 Å². The fourth-order valence-electron chi connectivity index (χ4n) is 2.08. The Labute approximate surface area is 119 Å². The van der Waals surface area contributed by atoms with Gasteiger partial charge in [-0.15, -0.1) is 0 Å². The highest BCUT2D eigenvalue weighted by Gasteiger charge is 2.37. The molecule has 0 aromatic carbocycles. The van der Waals surface area contributed by atoms with E-state index >= 15 is 0 Å². The first-order chi connectivity index (χ1) is 9.40. The summed E-state index contributed by atoms with van der Waals surface area (Å²) < 4.78 is 0. The molecule has 1 saturated heterocycles. The first-order valence-corrected chi connectivity index (χ1v) is 6.63. The van der Waals surface area contributed by atoms with Crippen molar-refractivity contribution in [1.82, 2.24) is 14.8 Å². The van der Waals surface area contributed by atoms with E-state index < -0.39 is 0 Å². The SMILES string of the molecule is CC(C)N1CC(=O)N(Cc2ccc(N(C)C)nc2)C1=O. The fourth-order valence-corrected chi connectivity index (χ4v) is 2.08. The van der Waals surface area contributed by atoms with Crippen LogP contribution in [0.4, 0.5) is 10.6 Å². The highest BCUT2D eigenvalue weighted by Crippen LogP contribution is 2.17. The van der Waals surface area contributed by atoms with Gasteiger partial charge < -0.3 is 9.80 Å². The number of pyridine rings is 1. The molecule has 20 heavy (non-hydrogen) atoms. The molecule has 0 unspecified atom stereocenters. The predicted molar refractivity (Wildman–Crippen MR) is 76.4 cm³/mol. The number of hydrogen-bond acceptors (Lipinski definition) is 4. The third-order valence-electron chi connectivity index (χ3n) is 3.31. The van der Waals surface area contributed by atoms with Crippen molar-refractivity contribution in [2.75, 3.05) is 25.5 Å². The van der Waals surface area contributed by atoms with Crippen molar-refractivity contribution < 1.29 is 9.59 Å². The van der Waals surface area contributed by atoms with Crippen molar-refractivity contribution in [2.45, 2.75) is 26.4 Å². The molecule has 6 heteroatoms. The van der Waals surface area contributed by atoms with E-state index in [1.807, 2.05) is 45.0 Å². The summed E-state index contributed by atoms with van der Waals surface area (Å²) in [6, 6.07) is 3.58. The summed E-state index contributed by atoms with van der Waals surface area (Å²) >= 11 is 0. The van der Waals surface area contributed by atoms with E-state index in [1.54, 1.807) is 11.1 Å². The van der Waals surface area contributed by atoms with Crippen LogP contribution in [-0.2, 0) is 11.3 Å². The van der Waals surface area contributed by atoms with Gasteiger partial charge in [-0.05, 0) is 25.5 Å². The molecule has 0 aliphatic carbocycles. The van der Waals surface area contributed by atoms with Gasteiger partial charge in [0.2, 0.25) is 0 Å². The lowest BCUT2D eigenvalue weighted by Crippen LogP contribution is -2.36. The summed E-state index contributed by atoms with van der Waals surface area (Å²) in [7, 11) is 3.83. The zero-order chi connectivity index (χ0) is 14.9. The molecule has 1 aliphatic heterocycles. The lowest BCUT2D eigenvalue weighted by atomic mass is 10.2. The Kier molecular flexibility index (Phi) is 3.92. The van der Waals surface area contributed by atoms with Crippen LogP contribution in [0.5, 0.6) is 0 Å². The van der Waals surface area contributed by atoms with Gasteiger partial charge in [-0.3, -0.25) is 9.69 Å². The molecule has 6 nitrogen and oxygen atoms in total. The first kappa shape index (κ1) is 14.3. The molecule has 1 fully saturated rings. The molecule has 1 aromatic rings. The number of imide groups is 1. The molecule has 1 aliphatic rings. The van der Waals surface area contributed by atoms with Crippen LogP contribution in [0.25, 0.3) is 0 Å². The summed E-state index contributed by atoms with van der Waals surface area (Å²) in [6.07, 6.45) is 1.70. The van der Waals surface area contributed by atoms with Gasteiger partial charge in [0.1, 0.15) is 12.4 Å². The first-order valence-electron chi connectivity index (χ1n) is 6.63. The monoisotopic (exact) mass is 276 g/mol. The Balaban J connectivity index is 2.10. The van der Waals surface area contributed by atoms with Gasteiger partial charge in [0.15, 0.2) is 0 Å². The van der Waals surface area contributed by atoms with E-state index in [1.165, 1.54) is 4.90 Å². The molecule has 0 spiro atoms. The van der Waals surface area contributed by atoms with Crippen LogP contribution in [0.2, 0.25) is 0 Å². The molecule has 1 aromatic heterocycles. The van der Waals surface area contributed by atoms with E-state index in [9.17, 15) is 9.59 Å². The van der Waals surface area contributed by atoms with Crippen molar-refractivity contribution >= 4 is 17.8 Å². The van der Waals surface area contributed by atoms with Crippen LogP contribution in [0.3, 0.4) is 0 Å². The van der Waals surface area contributed by atoms with Crippen LogP contribution < -0.4 is 4.90 Å². The molecule has 0 radical (unpaired) electrons. The topological polar surface area (TPSA) is 56.8 Å². The maximum Gasteiger partial charge on any atom is 0.327 e. The lowest BCUT2D eigenvalue weighted by molar-refractivity contribution is -0.125. The van der Waals surface area contributed by atoms with Gasteiger partial charge in [0.25, 0.3) is 5.91 Å². The van der Waals surface area contributed by atoms with Crippen molar-refractivity contribution in [2.24, 2.45) is 0 Å². The van der Waals surface area contributed by atoms with Gasteiger partial charge >= 0.3 is 6.03 Å². The summed E-state index contributed by atoms with van der Waals surface area (Å²) in [6.45, 7) is 4.26. The minimum atomic E-state index is -0.221. The highest BCUT2D eigenvalue weighted by atomic mass is 16.2. The lowest BCUT2D eigenvalue weighted by Gasteiger charge is -2.20. The van der Waals surface area contributed by atoms with E-state index in [0.29, 0.717) is 0 Å². The van der Waals surface area contributed by atoms with Gasteiger partial charge in [-0.2, -0.15) is 0 Å². The second-order valence-electron chi connectivity index (χ2n) is 5.40. The van der Waals surface area contributed by atoms with E-state index in [0.717, 1.165) is 11.4 Å². The minimum absolute atomic E-state index is 0.0330. The predicted octanol–water partition coefficient (Wildman–Crippen LogP) is 1.32. The van der Waals surface area contributed by atoms with Crippen LogP contribution in [0, 0.1) is 0 Å². The average Bonchev–Trinajstić information content (AvgIpc) is 2.67. The maximum absolute atomic E-state index is 12.1. The number of carbonyl (C=O) groups is 2. The summed E-state index contributed by atoms with van der Waals surface area (Å²) in [5.41, 5.74) is 0.850. The summed E-state index contributed by atoms with van der Waals surface area (Å²) in [5.74, 6) is 0.692. The third-order valence-corrected chi connectivity index (χ3v) is 3.31. The number of rotatable bonds is 4. The number of aromatic nitrogens is 1. The Morgan fingerprint density at radius 2 is 2.00 bits per heavy atom. The van der Waals surface area contributed by atoms with E-state index in [-0.39, 0.29) is 31.1 Å². The quantitative estimate of drug-likeness (QED) is 0.778. The minimum Gasteiger partial charge on any atom is -0.363 e. The second-order valence-corrected chi connectivity index (χ2v) is 5.40. The number of carbonyl (C=O) groups excluding carboxylic acids is 2. The van der Waals surface area contributed by atoms with Crippen molar-refractivity contribution in [3.05, 3.63) is 23.9 Å². The average molecular weight is 276 g/mol.